The van der Waals surface area contributed by atoms with Crippen molar-refractivity contribution in [2.24, 2.45) is 7.05 Å². The van der Waals surface area contributed by atoms with Crippen LogP contribution in [0.5, 0.6) is 0 Å². The molecule has 0 saturated carbocycles. The van der Waals surface area contributed by atoms with Gasteiger partial charge >= 0.3 is 0 Å². The summed E-state index contributed by atoms with van der Waals surface area (Å²) in [4.78, 5) is 9.72. The van der Waals surface area contributed by atoms with Gasteiger partial charge in [-0.05, 0) is 85.3 Å². The van der Waals surface area contributed by atoms with Crippen LogP contribution in [0, 0.1) is 39.6 Å². The van der Waals surface area contributed by atoms with E-state index in [0.717, 1.165) is 83.7 Å². The Labute approximate surface area is 368 Å². The monoisotopic (exact) mass is 966 g/mol. The molecule has 298 valence electrons. The van der Waals surface area contributed by atoms with Crippen molar-refractivity contribution in [2.45, 2.75) is 20.8 Å². The van der Waals surface area contributed by atoms with Crippen LogP contribution in [-0.2, 0) is 28.1 Å². The number of rotatable bonds is 5. The molecule has 6 nitrogen and oxygen atoms in total. The second-order valence-corrected chi connectivity index (χ2v) is 16.0. The van der Waals surface area contributed by atoms with Crippen molar-refractivity contribution in [3.8, 4) is 22.8 Å². The summed E-state index contributed by atoms with van der Waals surface area (Å²) in [5.74, 6) is 0.876. The number of anilines is 4. The molecule has 7 heteroatoms. The van der Waals surface area contributed by atoms with E-state index in [0.29, 0.717) is 0 Å². The van der Waals surface area contributed by atoms with Crippen LogP contribution < -0.4 is 9.80 Å². The predicted octanol–water partition coefficient (Wildman–Crippen LogP) is 13.4. The van der Waals surface area contributed by atoms with Crippen LogP contribution >= 0.6 is 0 Å². The molecule has 0 N–H and O–H groups in total. The van der Waals surface area contributed by atoms with Crippen LogP contribution in [0.4, 0.5) is 22.7 Å². The van der Waals surface area contributed by atoms with Gasteiger partial charge in [0.1, 0.15) is 0 Å². The first kappa shape index (κ1) is 37.1. The largest absolute Gasteiger partial charge is 0.493 e. The topological polar surface area (TPSA) is 34.2 Å². The zero-order valence-corrected chi connectivity index (χ0v) is 36.4. The summed E-state index contributed by atoms with van der Waals surface area (Å²) >= 11 is 0. The minimum absolute atomic E-state index is 0. The fraction of sp³-hybridized carbons (Fsp3) is 0.0741. The molecular formula is C54H39N6Pt-3. The average Bonchev–Trinajstić information content (AvgIpc) is 4.01. The molecule has 0 radical (unpaired) electrons. The molecule has 8 aromatic carbocycles. The standard InChI is InChI=1S/C54H39N6.Pt/c1-34-29-35(2)51(36(3)30-34)58-33-57(48-23-12-13-24-49(48)58)39-17-14-18-40(32-39)60-50-31-37(54-55-45-20-9-11-22-47(45)56(54)4)25-26-42(50)44-28-27-43-41-19-8-10-21-46(41)59(52(43)53(44)60)38-15-6-5-7-16-38;/h5-30,33H,1-4H3;/q-3;. The SMILES string of the molecule is Cc1cc(C)c(N2[CH-]N(c3[c-]c(-n4c5[c-]c(-c6nc7ccccc7n6C)ccc5c5ccc6c7ccccc7n(-c7ccccc7)c6c54)ccc3)c3ccccc32)c(C)c1.[Pt]. The van der Waals surface area contributed by atoms with Crippen molar-refractivity contribution in [3.05, 3.63) is 193 Å². The van der Waals surface area contributed by atoms with Crippen LogP contribution in [0.3, 0.4) is 0 Å². The number of fused-ring (bicyclic) bond motifs is 9. The Bertz CT molecular complexity index is 3510. The van der Waals surface area contributed by atoms with Gasteiger partial charge in [-0.3, -0.25) is 4.98 Å². The van der Waals surface area contributed by atoms with E-state index in [-0.39, 0.29) is 21.1 Å². The van der Waals surface area contributed by atoms with Crippen molar-refractivity contribution < 1.29 is 21.1 Å². The quantitative estimate of drug-likeness (QED) is 0.161. The molecule has 1 aliphatic rings. The Morgan fingerprint density at radius 2 is 1.15 bits per heavy atom. The number of nitrogens with zero attached hydrogens (tertiary/aromatic N) is 6. The van der Waals surface area contributed by atoms with Gasteiger partial charge in [0.15, 0.2) is 0 Å². The predicted molar refractivity (Wildman–Crippen MR) is 248 cm³/mol. The molecule has 1 aliphatic heterocycles. The molecule has 11 aromatic rings. The number of hydrogen-bond acceptors (Lipinski definition) is 3. The van der Waals surface area contributed by atoms with Crippen LogP contribution in [0.15, 0.2) is 158 Å². The zero-order valence-electron chi connectivity index (χ0n) is 34.1. The van der Waals surface area contributed by atoms with Crippen molar-refractivity contribution >= 4 is 77.4 Å². The minimum atomic E-state index is 0. The molecule has 0 saturated heterocycles. The van der Waals surface area contributed by atoms with E-state index in [1.165, 1.54) is 33.2 Å². The third-order valence-corrected chi connectivity index (χ3v) is 12.3. The molecule has 12 rings (SSSR count). The van der Waals surface area contributed by atoms with E-state index in [1.807, 2.05) is 6.07 Å². The fourth-order valence-electron chi connectivity index (χ4n) is 9.82. The van der Waals surface area contributed by atoms with Crippen molar-refractivity contribution in [1.29, 1.82) is 0 Å². The summed E-state index contributed by atoms with van der Waals surface area (Å²) in [6, 6.07) is 64.3. The summed E-state index contributed by atoms with van der Waals surface area (Å²) in [7, 11) is 2.09. The summed E-state index contributed by atoms with van der Waals surface area (Å²) in [5, 5.41) is 4.67. The molecule has 61 heavy (non-hydrogen) atoms. The summed E-state index contributed by atoms with van der Waals surface area (Å²) in [6.07, 6.45) is 0. The number of aromatic nitrogens is 4. The average molecular weight is 967 g/mol. The molecule has 4 heterocycles. The van der Waals surface area contributed by atoms with Crippen LogP contribution in [0.1, 0.15) is 16.7 Å². The van der Waals surface area contributed by atoms with Crippen LogP contribution in [0.25, 0.3) is 77.4 Å². The Kier molecular flexibility index (Phi) is 8.59. The third-order valence-electron chi connectivity index (χ3n) is 12.3. The molecular weight excluding hydrogens is 928 g/mol. The summed E-state index contributed by atoms with van der Waals surface area (Å²) < 4.78 is 6.98. The number of hydrogen-bond donors (Lipinski definition) is 0. The molecule has 0 amide bonds. The fourth-order valence-corrected chi connectivity index (χ4v) is 9.82. The minimum Gasteiger partial charge on any atom is -0.493 e. The first-order valence-electron chi connectivity index (χ1n) is 20.5. The van der Waals surface area contributed by atoms with Gasteiger partial charge in [-0.15, -0.1) is 54.3 Å². The third kappa shape index (κ3) is 5.55. The number of para-hydroxylation sites is 6. The maximum atomic E-state index is 5.11. The van der Waals surface area contributed by atoms with E-state index >= 15 is 0 Å². The smallest absolute Gasteiger partial charge is 0.0779 e. The van der Waals surface area contributed by atoms with E-state index in [4.69, 9.17) is 4.98 Å². The summed E-state index contributed by atoms with van der Waals surface area (Å²) in [6.45, 7) is 8.80. The van der Waals surface area contributed by atoms with Crippen molar-refractivity contribution in [3.63, 3.8) is 0 Å². The van der Waals surface area contributed by atoms with Gasteiger partial charge in [-0.25, -0.2) is 0 Å². The molecule has 0 fully saturated rings. The zero-order chi connectivity index (χ0) is 40.2. The first-order valence-corrected chi connectivity index (χ1v) is 20.5. The molecule has 0 spiro atoms. The van der Waals surface area contributed by atoms with Gasteiger partial charge in [0.05, 0.1) is 33.4 Å². The van der Waals surface area contributed by atoms with E-state index in [1.54, 1.807) is 0 Å². The maximum absolute atomic E-state index is 5.11. The second kappa shape index (κ2) is 14.1. The van der Waals surface area contributed by atoms with Gasteiger partial charge in [0.2, 0.25) is 0 Å². The Balaban J connectivity index is 0.00000420. The second-order valence-electron chi connectivity index (χ2n) is 16.0. The van der Waals surface area contributed by atoms with Gasteiger partial charge in [0, 0.05) is 61.6 Å². The molecule has 0 aliphatic carbocycles. The molecule has 0 atom stereocenters. The van der Waals surface area contributed by atoms with Crippen molar-refractivity contribution in [1.82, 2.24) is 18.7 Å². The Morgan fingerprint density at radius 1 is 0.525 bits per heavy atom. The first-order chi connectivity index (χ1) is 29.4. The number of imidazole rings is 1. The normalized spacial score (nSPS) is 12.7. The molecule has 3 aromatic heterocycles. The van der Waals surface area contributed by atoms with E-state index in [9.17, 15) is 0 Å². The van der Waals surface area contributed by atoms with Gasteiger partial charge in [0.25, 0.3) is 0 Å². The van der Waals surface area contributed by atoms with Gasteiger partial charge in [-0.2, -0.15) is 6.07 Å². The van der Waals surface area contributed by atoms with E-state index < -0.39 is 0 Å². The van der Waals surface area contributed by atoms with Crippen molar-refractivity contribution in [2.75, 3.05) is 9.80 Å². The van der Waals surface area contributed by atoms with Gasteiger partial charge in [-0.1, -0.05) is 102 Å². The number of benzene rings is 8. The summed E-state index contributed by atoms with van der Waals surface area (Å²) in [5.41, 5.74) is 17.5. The molecule has 0 unspecified atom stereocenters. The molecule has 0 bridgehead atoms. The Morgan fingerprint density at radius 3 is 1.92 bits per heavy atom. The van der Waals surface area contributed by atoms with Crippen LogP contribution in [0.2, 0.25) is 0 Å². The Hall–Kier alpha value is -6.88. The maximum Gasteiger partial charge on any atom is 0.0779 e. The van der Waals surface area contributed by atoms with Crippen LogP contribution in [-0.4, -0.2) is 18.7 Å². The van der Waals surface area contributed by atoms with Gasteiger partial charge < -0.3 is 23.5 Å². The number of aryl methyl sites for hydroxylation is 4. The van der Waals surface area contributed by atoms with E-state index in [2.05, 4.69) is 222 Å².